The third-order valence-corrected chi connectivity index (χ3v) is 3.99. The quantitative estimate of drug-likeness (QED) is 0.738. The van der Waals surface area contributed by atoms with Crippen molar-refractivity contribution in [3.05, 3.63) is 58.3 Å². The summed E-state index contributed by atoms with van der Waals surface area (Å²) in [7, 11) is 0. The van der Waals surface area contributed by atoms with Gasteiger partial charge in [0.1, 0.15) is 11.6 Å². The highest BCUT2D eigenvalue weighted by molar-refractivity contribution is 9.10. The molecule has 2 rings (SSSR count). The molecular formula is C18H18BrFN2O3. The Morgan fingerprint density at radius 1 is 1.16 bits per heavy atom. The molecule has 0 saturated heterocycles. The van der Waals surface area contributed by atoms with Crippen LogP contribution < -0.4 is 15.4 Å². The van der Waals surface area contributed by atoms with Gasteiger partial charge < -0.3 is 15.4 Å². The first-order valence-corrected chi connectivity index (χ1v) is 8.51. The van der Waals surface area contributed by atoms with Crippen LogP contribution in [0.25, 0.3) is 0 Å². The largest absolute Gasteiger partial charge is 0.483 e. The molecule has 7 heteroatoms. The molecule has 0 bridgehead atoms. The summed E-state index contributed by atoms with van der Waals surface area (Å²) in [5.74, 6) is -0.835. The molecule has 0 radical (unpaired) electrons. The van der Waals surface area contributed by atoms with E-state index in [0.717, 1.165) is 17.7 Å². The minimum atomic E-state index is -0.449. The summed E-state index contributed by atoms with van der Waals surface area (Å²) in [5, 5.41) is 5.24. The van der Waals surface area contributed by atoms with Crippen LogP contribution in [0.1, 0.15) is 12.5 Å². The average molecular weight is 409 g/mol. The van der Waals surface area contributed by atoms with Gasteiger partial charge in [-0.3, -0.25) is 9.59 Å². The number of rotatable bonds is 7. The third kappa shape index (κ3) is 5.86. The zero-order valence-electron chi connectivity index (χ0n) is 13.6. The van der Waals surface area contributed by atoms with E-state index in [2.05, 4.69) is 26.6 Å². The highest BCUT2D eigenvalue weighted by Crippen LogP contribution is 2.25. The standard InChI is InChI=1S/C18H18BrFN2O3/c1-2-12-5-3-4-6-15(12)22-17(23)10-21-18(24)11-25-16-8-7-13(20)9-14(16)19/h3-9H,2,10-11H2,1H3,(H,21,24)(H,22,23). The highest BCUT2D eigenvalue weighted by Gasteiger charge is 2.10. The summed E-state index contributed by atoms with van der Waals surface area (Å²) in [6, 6.07) is 11.4. The van der Waals surface area contributed by atoms with E-state index in [9.17, 15) is 14.0 Å². The summed E-state index contributed by atoms with van der Waals surface area (Å²) >= 11 is 3.15. The smallest absolute Gasteiger partial charge is 0.258 e. The molecule has 132 valence electrons. The molecule has 0 aliphatic heterocycles. The molecule has 0 aromatic heterocycles. The molecule has 0 heterocycles. The van der Waals surface area contributed by atoms with Crippen molar-refractivity contribution in [1.82, 2.24) is 5.32 Å². The van der Waals surface area contributed by atoms with Crippen LogP contribution >= 0.6 is 15.9 Å². The lowest BCUT2D eigenvalue weighted by molar-refractivity contribution is -0.125. The lowest BCUT2D eigenvalue weighted by Crippen LogP contribution is -2.35. The monoisotopic (exact) mass is 408 g/mol. The van der Waals surface area contributed by atoms with Crippen LogP contribution in [0.5, 0.6) is 5.75 Å². The Kier molecular flexibility index (Phi) is 6.94. The van der Waals surface area contributed by atoms with Gasteiger partial charge in [0.05, 0.1) is 11.0 Å². The Hall–Kier alpha value is -2.41. The zero-order chi connectivity index (χ0) is 18.2. The fourth-order valence-electron chi connectivity index (χ4n) is 2.11. The first-order valence-electron chi connectivity index (χ1n) is 7.72. The molecule has 0 aliphatic carbocycles. The van der Waals surface area contributed by atoms with Gasteiger partial charge in [-0.15, -0.1) is 0 Å². The second-order valence-electron chi connectivity index (χ2n) is 5.20. The van der Waals surface area contributed by atoms with Gasteiger partial charge in [-0.1, -0.05) is 25.1 Å². The fraction of sp³-hybridized carbons (Fsp3) is 0.222. The van der Waals surface area contributed by atoms with E-state index >= 15 is 0 Å². The molecule has 2 amide bonds. The number of para-hydroxylation sites is 1. The molecule has 0 unspecified atom stereocenters. The second-order valence-corrected chi connectivity index (χ2v) is 6.05. The molecule has 2 aromatic rings. The third-order valence-electron chi connectivity index (χ3n) is 3.37. The van der Waals surface area contributed by atoms with Gasteiger partial charge in [-0.05, 0) is 52.2 Å². The van der Waals surface area contributed by atoms with Crippen molar-refractivity contribution in [2.45, 2.75) is 13.3 Å². The summed E-state index contributed by atoms with van der Waals surface area (Å²) in [6.45, 7) is 1.56. The minimum absolute atomic E-state index is 0.162. The Bertz CT molecular complexity index is 768. The molecule has 0 saturated carbocycles. The van der Waals surface area contributed by atoms with Gasteiger partial charge in [0, 0.05) is 5.69 Å². The van der Waals surface area contributed by atoms with Gasteiger partial charge in [-0.25, -0.2) is 4.39 Å². The number of amides is 2. The van der Waals surface area contributed by atoms with Gasteiger partial charge in [-0.2, -0.15) is 0 Å². The highest BCUT2D eigenvalue weighted by atomic mass is 79.9. The van der Waals surface area contributed by atoms with Crippen molar-refractivity contribution in [1.29, 1.82) is 0 Å². The summed E-state index contributed by atoms with van der Waals surface area (Å²) in [4.78, 5) is 23.7. The van der Waals surface area contributed by atoms with Crippen LogP contribution in [0.2, 0.25) is 0 Å². The lowest BCUT2D eigenvalue weighted by atomic mass is 10.1. The van der Waals surface area contributed by atoms with E-state index < -0.39 is 11.7 Å². The Morgan fingerprint density at radius 3 is 2.64 bits per heavy atom. The van der Waals surface area contributed by atoms with E-state index in [4.69, 9.17) is 4.74 Å². The lowest BCUT2D eigenvalue weighted by Gasteiger charge is -2.11. The van der Waals surface area contributed by atoms with Crippen LogP contribution in [0.4, 0.5) is 10.1 Å². The van der Waals surface area contributed by atoms with Crippen LogP contribution in [0, 0.1) is 5.82 Å². The van der Waals surface area contributed by atoms with Crippen LogP contribution in [0.3, 0.4) is 0 Å². The predicted molar refractivity (Wildman–Crippen MR) is 97.1 cm³/mol. The number of hydrogen-bond donors (Lipinski definition) is 2. The maximum absolute atomic E-state index is 13.0. The average Bonchev–Trinajstić information content (AvgIpc) is 2.59. The van der Waals surface area contributed by atoms with Crippen molar-refractivity contribution < 1.29 is 18.7 Å². The molecule has 0 spiro atoms. The van der Waals surface area contributed by atoms with E-state index in [0.29, 0.717) is 10.2 Å². The fourth-order valence-corrected chi connectivity index (χ4v) is 2.58. The molecule has 0 atom stereocenters. The second kappa shape index (κ2) is 9.17. The van der Waals surface area contributed by atoms with E-state index in [1.807, 2.05) is 31.2 Å². The van der Waals surface area contributed by atoms with Gasteiger partial charge in [0.25, 0.3) is 5.91 Å². The summed E-state index contributed by atoms with van der Waals surface area (Å²) in [5.41, 5.74) is 1.75. The van der Waals surface area contributed by atoms with E-state index in [-0.39, 0.29) is 19.1 Å². The molecule has 0 aliphatic rings. The molecule has 25 heavy (non-hydrogen) atoms. The molecular weight excluding hydrogens is 391 g/mol. The maximum atomic E-state index is 13.0. The Morgan fingerprint density at radius 2 is 1.92 bits per heavy atom. The zero-order valence-corrected chi connectivity index (χ0v) is 15.2. The van der Waals surface area contributed by atoms with Crippen LogP contribution in [-0.2, 0) is 16.0 Å². The summed E-state index contributed by atoms with van der Waals surface area (Å²) in [6.07, 6.45) is 0.795. The Balaban J connectivity index is 1.78. The number of hydrogen-bond acceptors (Lipinski definition) is 3. The number of ether oxygens (including phenoxy) is 1. The van der Waals surface area contributed by atoms with Crippen molar-refractivity contribution in [2.24, 2.45) is 0 Å². The van der Waals surface area contributed by atoms with Crippen LogP contribution in [-0.4, -0.2) is 25.0 Å². The predicted octanol–water partition coefficient (Wildman–Crippen LogP) is 3.28. The minimum Gasteiger partial charge on any atom is -0.483 e. The SMILES string of the molecule is CCc1ccccc1NC(=O)CNC(=O)COc1ccc(F)cc1Br. The number of halogens is 2. The van der Waals surface area contributed by atoms with Gasteiger partial charge in [0.2, 0.25) is 5.91 Å². The molecule has 0 fully saturated rings. The normalized spacial score (nSPS) is 10.2. The molecule has 2 aromatic carbocycles. The number of carbonyl (C=O) groups is 2. The first kappa shape index (κ1) is 18.9. The number of aryl methyl sites for hydroxylation is 1. The van der Waals surface area contributed by atoms with Crippen molar-refractivity contribution in [3.63, 3.8) is 0 Å². The maximum Gasteiger partial charge on any atom is 0.258 e. The number of carbonyl (C=O) groups excluding carboxylic acids is 2. The van der Waals surface area contributed by atoms with Gasteiger partial charge in [0.15, 0.2) is 6.61 Å². The topological polar surface area (TPSA) is 67.4 Å². The van der Waals surface area contributed by atoms with E-state index in [1.54, 1.807) is 0 Å². The van der Waals surface area contributed by atoms with Crippen molar-refractivity contribution >= 4 is 33.4 Å². The Labute approximate surface area is 153 Å². The first-order chi connectivity index (χ1) is 12.0. The van der Waals surface area contributed by atoms with Gasteiger partial charge >= 0.3 is 0 Å². The number of anilines is 1. The van der Waals surface area contributed by atoms with Crippen molar-refractivity contribution in [3.8, 4) is 5.75 Å². The van der Waals surface area contributed by atoms with Crippen LogP contribution in [0.15, 0.2) is 46.9 Å². The van der Waals surface area contributed by atoms with Crippen molar-refractivity contribution in [2.75, 3.05) is 18.5 Å². The number of benzene rings is 2. The molecule has 2 N–H and O–H groups in total. The van der Waals surface area contributed by atoms with E-state index in [1.165, 1.54) is 18.2 Å². The summed E-state index contributed by atoms with van der Waals surface area (Å²) < 4.78 is 18.7. The molecule has 5 nitrogen and oxygen atoms in total. The number of nitrogens with one attached hydrogen (secondary N) is 2.